The van der Waals surface area contributed by atoms with Gasteiger partial charge in [0.25, 0.3) is 0 Å². The molecular weight excluding hydrogens is 342 g/mol. The van der Waals surface area contributed by atoms with Gasteiger partial charge in [0.1, 0.15) is 6.61 Å². The molecule has 4 heterocycles. The van der Waals surface area contributed by atoms with Crippen molar-refractivity contribution in [1.29, 1.82) is 0 Å². The van der Waals surface area contributed by atoms with Crippen molar-refractivity contribution in [3.63, 3.8) is 0 Å². The van der Waals surface area contributed by atoms with Crippen molar-refractivity contribution in [2.24, 2.45) is 0 Å². The van der Waals surface area contributed by atoms with E-state index in [1.54, 1.807) is 23.1 Å². The van der Waals surface area contributed by atoms with Gasteiger partial charge in [-0.25, -0.2) is 9.78 Å². The maximum Gasteiger partial charge on any atom is 0.324 e. The largest absolute Gasteiger partial charge is 0.377 e. The topological polar surface area (TPSA) is 79.6 Å². The van der Waals surface area contributed by atoms with Crippen molar-refractivity contribution in [2.75, 3.05) is 50.1 Å². The first-order valence-electron chi connectivity index (χ1n) is 8.29. The van der Waals surface area contributed by atoms with Gasteiger partial charge in [0.15, 0.2) is 5.82 Å². The van der Waals surface area contributed by atoms with Gasteiger partial charge < -0.3 is 14.5 Å². The summed E-state index contributed by atoms with van der Waals surface area (Å²) < 4.78 is 11.4. The summed E-state index contributed by atoms with van der Waals surface area (Å²) in [6.45, 7) is 3.67. The van der Waals surface area contributed by atoms with E-state index in [4.69, 9.17) is 4.74 Å². The number of ether oxygens (including phenoxy) is 1. The molecule has 25 heavy (non-hydrogen) atoms. The van der Waals surface area contributed by atoms with E-state index in [2.05, 4.69) is 19.4 Å². The molecule has 134 valence electrons. The lowest BCUT2D eigenvalue weighted by Gasteiger charge is -2.15. The third-order valence-corrected chi connectivity index (χ3v) is 5.47. The van der Waals surface area contributed by atoms with Crippen LogP contribution >= 0.6 is 11.5 Å². The Kier molecular flexibility index (Phi) is 4.30. The van der Waals surface area contributed by atoms with Crippen molar-refractivity contribution in [2.45, 2.75) is 19.1 Å². The number of carbonyl (C=O) groups excluding carboxylic acids is 1. The smallest absolute Gasteiger partial charge is 0.324 e. The van der Waals surface area contributed by atoms with Crippen LogP contribution in [0.25, 0.3) is 0 Å². The number of nitrogens with zero attached hydrogens (tertiary/aromatic N) is 7. The van der Waals surface area contributed by atoms with Gasteiger partial charge in [-0.05, 0) is 6.42 Å². The number of methoxy groups -OCH3 is 1. The van der Waals surface area contributed by atoms with Gasteiger partial charge in [-0.2, -0.15) is 9.47 Å². The van der Waals surface area contributed by atoms with Crippen LogP contribution in [0.1, 0.15) is 18.3 Å². The third kappa shape index (κ3) is 3.07. The minimum Gasteiger partial charge on any atom is -0.377 e. The fourth-order valence-electron chi connectivity index (χ4n) is 3.25. The Labute approximate surface area is 150 Å². The summed E-state index contributed by atoms with van der Waals surface area (Å²) in [6, 6.07) is 0.311. The van der Waals surface area contributed by atoms with Crippen LogP contribution in [-0.2, 0) is 11.3 Å². The summed E-state index contributed by atoms with van der Waals surface area (Å²) in [5.41, 5.74) is 0.867. The average Bonchev–Trinajstić information content (AvgIpc) is 3.36. The van der Waals surface area contributed by atoms with E-state index in [1.807, 2.05) is 17.9 Å². The molecule has 0 aliphatic carbocycles. The Hall–Kier alpha value is -2.20. The van der Waals surface area contributed by atoms with Crippen LogP contribution < -0.4 is 9.80 Å². The maximum atomic E-state index is 12.1. The van der Waals surface area contributed by atoms with Crippen LogP contribution in [0, 0.1) is 0 Å². The molecule has 0 saturated carbocycles. The highest BCUT2D eigenvalue weighted by Gasteiger charge is 2.30. The van der Waals surface area contributed by atoms with E-state index in [9.17, 15) is 4.79 Å². The Morgan fingerprint density at radius 2 is 2.24 bits per heavy atom. The molecule has 0 radical (unpaired) electrons. The fourth-order valence-corrected chi connectivity index (χ4v) is 3.95. The summed E-state index contributed by atoms with van der Waals surface area (Å²) in [4.78, 5) is 22.4. The normalized spacial score (nSPS) is 21.0. The molecule has 2 amide bonds. The van der Waals surface area contributed by atoms with Gasteiger partial charge in [0.2, 0.25) is 5.13 Å². The third-order valence-electron chi connectivity index (χ3n) is 4.65. The second-order valence-electron chi connectivity index (χ2n) is 6.35. The average molecular weight is 363 g/mol. The zero-order valence-corrected chi connectivity index (χ0v) is 15.1. The molecule has 0 N–H and O–H groups in total. The van der Waals surface area contributed by atoms with E-state index < -0.39 is 0 Å². The molecule has 2 saturated heterocycles. The Balaban J connectivity index is 1.42. The Morgan fingerprint density at radius 1 is 1.36 bits per heavy atom. The minimum absolute atomic E-state index is 0.0344. The van der Waals surface area contributed by atoms with Crippen LogP contribution in [0.4, 0.5) is 15.6 Å². The van der Waals surface area contributed by atoms with Gasteiger partial charge >= 0.3 is 6.03 Å². The molecule has 10 heteroatoms. The molecule has 9 nitrogen and oxygen atoms in total. The van der Waals surface area contributed by atoms with Gasteiger partial charge in [-0.3, -0.25) is 9.58 Å². The number of rotatable bonds is 5. The number of aromatic nitrogens is 4. The van der Waals surface area contributed by atoms with Crippen LogP contribution in [0.2, 0.25) is 0 Å². The first-order chi connectivity index (χ1) is 12.2. The molecule has 1 unspecified atom stereocenters. The van der Waals surface area contributed by atoms with Crippen molar-refractivity contribution in [3.8, 4) is 0 Å². The minimum atomic E-state index is 0.0344. The van der Waals surface area contributed by atoms with Gasteiger partial charge in [-0.15, -0.1) is 0 Å². The molecule has 0 aromatic carbocycles. The highest BCUT2D eigenvalue weighted by Crippen LogP contribution is 2.29. The van der Waals surface area contributed by atoms with Crippen molar-refractivity contribution >= 4 is 28.4 Å². The van der Waals surface area contributed by atoms with E-state index in [0.717, 1.165) is 42.7 Å². The lowest BCUT2D eigenvalue weighted by atomic mass is 10.3. The number of urea groups is 1. The SMILES string of the molecule is COCc1nsc(N2CCC(n3cc(N4CCN(C)C4=O)cn3)C2)n1. The van der Waals surface area contributed by atoms with E-state index in [0.29, 0.717) is 13.2 Å². The number of hydrogen-bond donors (Lipinski definition) is 0. The molecule has 0 spiro atoms. The molecule has 0 bridgehead atoms. The summed E-state index contributed by atoms with van der Waals surface area (Å²) in [6.07, 6.45) is 4.75. The van der Waals surface area contributed by atoms with Crippen LogP contribution in [0.3, 0.4) is 0 Å². The zero-order chi connectivity index (χ0) is 17.4. The quantitative estimate of drug-likeness (QED) is 0.794. The first kappa shape index (κ1) is 16.3. The zero-order valence-electron chi connectivity index (χ0n) is 14.3. The molecule has 2 fully saturated rings. The predicted octanol–water partition coefficient (Wildman–Crippen LogP) is 1.20. The van der Waals surface area contributed by atoms with E-state index in [1.165, 1.54) is 11.5 Å². The Bertz CT molecular complexity index is 761. The fraction of sp³-hybridized carbons (Fsp3) is 0.600. The number of amides is 2. The Morgan fingerprint density at radius 3 is 3.00 bits per heavy atom. The molecular formula is C15H21N7O2S. The van der Waals surface area contributed by atoms with Crippen LogP contribution in [0.15, 0.2) is 12.4 Å². The highest BCUT2D eigenvalue weighted by molar-refractivity contribution is 7.09. The summed E-state index contributed by atoms with van der Waals surface area (Å²) >= 11 is 1.41. The first-order valence-corrected chi connectivity index (χ1v) is 9.06. The highest BCUT2D eigenvalue weighted by atomic mass is 32.1. The summed E-state index contributed by atoms with van der Waals surface area (Å²) in [5, 5.41) is 5.42. The van der Waals surface area contributed by atoms with Crippen molar-refractivity contribution in [1.82, 2.24) is 24.0 Å². The predicted molar refractivity (Wildman–Crippen MR) is 94.1 cm³/mol. The van der Waals surface area contributed by atoms with Crippen molar-refractivity contribution < 1.29 is 9.53 Å². The molecule has 2 aromatic heterocycles. The summed E-state index contributed by atoms with van der Waals surface area (Å²) in [5.74, 6) is 0.726. The van der Waals surface area contributed by atoms with Gasteiger partial charge in [0.05, 0.1) is 17.9 Å². The monoisotopic (exact) mass is 363 g/mol. The molecule has 2 aliphatic heterocycles. The van der Waals surface area contributed by atoms with Gasteiger partial charge in [0, 0.05) is 58.1 Å². The maximum absolute atomic E-state index is 12.1. The second kappa shape index (κ2) is 6.60. The molecule has 4 rings (SSSR count). The van der Waals surface area contributed by atoms with Crippen molar-refractivity contribution in [3.05, 3.63) is 18.2 Å². The lowest BCUT2D eigenvalue weighted by Crippen LogP contribution is -2.28. The second-order valence-corrected chi connectivity index (χ2v) is 7.08. The number of carbonyl (C=O) groups is 1. The number of anilines is 2. The van der Waals surface area contributed by atoms with E-state index >= 15 is 0 Å². The molecule has 2 aromatic rings. The van der Waals surface area contributed by atoms with Crippen LogP contribution in [0.5, 0.6) is 0 Å². The summed E-state index contributed by atoms with van der Waals surface area (Å²) in [7, 11) is 3.46. The standard InChI is InChI=1S/C15H21N7O2S/c1-19-5-6-21(15(19)23)12-7-16-22(9-12)11-3-4-20(8-11)14-17-13(10-24-2)18-25-14/h7,9,11H,3-6,8,10H2,1-2H3. The molecule has 1 atom stereocenters. The lowest BCUT2D eigenvalue weighted by molar-refractivity contribution is 0.179. The van der Waals surface area contributed by atoms with Crippen LogP contribution in [-0.4, -0.2) is 70.4 Å². The van der Waals surface area contributed by atoms with E-state index in [-0.39, 0.29) is 12.1 Å². The molecule has 2 aliphatic rings. The number of likely N-dealkylation sites (N-methyl/N-ethyl adjacent to an activating group) is 1. The number of hydrogen-bond acceptors (Lipinski definition) is 7. The van der Waals surface area contributed by atoms with Gasteiger partial charge in [-0.1, -0.05) is 0 Å².